The number of rotatable bonds is 7. The van der Waals surface area contributed by atoms with Crippen LogP contribution in [0.5, 0.6) is 11.5 Å². The minimum atomic E-state index is -0.590. The molecule has 4 heteroatoms. The number of amides is 1. The molecule has 0 aliphatic rings. The minimum Gasteiger partial charge on any atom is -0.497 e. The van der Waals surface area contributed by atoms with E-state index in [0.717, 1.165) is 12.0 Å². The molecule has 0 saturated heterocycles. The Kier molecular flexibility index (Phi) is 6.45. The van der Waals surface area contributed by atoms with Crippen molar-refractivity contribution < 1.29 is 14.3 Å². The fourth-order valence-electron chi connectivity index (χ4n) is 2.62. The zero-order valence-electron chi connectivity index (χ0n) is 15.6. The van der Waals surface area contributed by atoms with Crippen molar-refractivity contribution in [1.29, 1.82) is 0 Å². The minimum absolute atomic E-state index is 0.0249. The van der Waals surface area contributed by atoms with Crippen molar-refractivity contribution >= 4 is 5.91 Å². The summed E-state index contributed by atoms with van der Waals surface area (Å²) in [5, 5.41) is 3.08. The molecular weight excluding hydrogens is 314 g/mol. The first kappa shape index (κ1) is 18.8. The fourth-order valence-corrected chi connectivity index (χ4v) is 2.62. The number of carbonyl (C=O) groups excluding carboxylic acids is 1. The molecule has 25 heavy (non-hydrogen) atoms. The van der Waals surface area contributed by atoms with E-state index in [9.17, 15) is 4.79 Å². The third kappa shape index (κ3) is 4.99. The van der Waals surface area contributed by atoms with Gasteiger partial charge in [0.2, 0.25) is 0 Å². The van der Waals surface area contributed by atoms with E-state index in [0.29, 0.717) is 11.5 Å². The quantitative estimate of drug-likeness (QED) is 0.814. The molecule has 2 aromatic carbocycles. The lowest BCUT2D eigenvalue weighted by atomic mass is 9.99. The second kappa shape index (κ2) is 8.56. The molecule has 1 amide bonds. The summed E-state index contributed by atoms with van der Waals surface area (Å²) in [4.78, 5) is 12.5. The molecule has 2 aromatic rings. The zero-order valence-corrected chi connectivity index (χ0v) is 15.6. The summed E-state index contributed by atoms with van der Waals surface area (Å²) in [6.45, 7) is 7.99. The Morgan fingerprint density at radius 3 is 2.44 bits per heavy atom. The molecule has 0 heterocycles. The Morgan fingerprint density at radius 2 is 1.80 bits per heavy atom. The predicted molar refractivity (Wildman–Crippen MR) is 100 cm³/mol. The molecule has 2 atom stereocenters. The molecule has 0 bridgehead atoms. The molecule has 4 nitrogen and oxygen atoms in total. The topological polar surface area (TPSA) is 47.6 Å². The largest absolute Gasteiger partial charge is 0.497 e. The summed E-state index contributed by atoms with van der Waals surface area (Å²) in [6, 6.07) is 13.5. The van der Waals surface area contributed by atoms with Crippen LogP contribution in [-0.2, 0) is 4.79 Å². The summed E-state index contributed by atoms with van der Waals surface area (Å²) in [5.41, 5.74) is 3.60. The number of hydrogen-bond donors (Lipinski definition) is 1. The van der Waals surface area contributed by atoms with Gasteiger partial charge in [0.05, 0.1) is 13.2 Å². The average molecular weight is 341 g/mol. The predicted octanol–water partition coefficient (Wildman–Crippen LogP) is 4.35. The molecule has 0 fully saturated rings. The van der Waals surface area contributed by atoms with Crippen LogP contribution in [-0.4, -0.2) is 19.1 Å². The van der Waals surface area contributed by atoms with Crippen molar-refractivity contribution in [1.82, 2.24) is 5.32 Å². The maximum absolute atomic E-state index is 12.5. The molecule has 0 aliphatic carbocycles. The fraction of sp³-hybridized carbons (Fsp3) is 0.381. The highest BCUT2D eigenvalue weighted by Crippen LogP contribution is 2.22. The smallest absolute Gasteiger partial charge is 0.261 e. The Hall–Kier alpha value is -2.49. The number of nitrogens with one attached hydrogen (secondary N) is 1. The van der Waals surface area contributed by atoms with Crippen molar-refractivity contribution in [2.45, 2.75) is 46.3 Å². The molecule has 134 valence electrons. The number of carbonyl (C=O) groups is 1. The Labute approximate surface area is 150 Å². The number of methoxy groups -OCH3 is 1. The maximum Gasteiger partial charge on any atom is 0.261 e. The van der Waals surface area contributed by atoms with Crippen LogP contribution in [0.1, 0.15) is 43.0 Å². The van der Waals surface area contributed by atoms with Crippen molar-refractivity contribution in [2.75, 3.05) is 7.11 Å². The summed E-state index contributed by atoms with van der Waals surface area (Å²) in [7, 11) is 1.60. The van der Waals surface area contributed by atoms with Crippen LogP contribution in [0.15, 0.2) is 42.5 Å². The Bertz CT molecular complexity index is 727. The summed E-state index contributed by atoms with van der Waals surface area (Å²) >= 11 is 0. The van der Waals surface area contributed by atoms with E-state index in [-0.39, 0.29) is 11.9 Å². The Balaban J connectivity index is 2.03. The first-order chi connectivity index (χ1) is 11.9. The van der Waals surface area contributed by atoms with Gasteiger partial charge >= 0.3 is 0 Å². The molecule has 2 rings (SSSR count). The number of benzene rings is 2. The zero-order chi connectivity index (χ0) is 18.4. The van der Waals surface area contributed by atoms with Gasteiger partial charge in [0.25, 0.3) is 5.91 Å². The highest BCUT2D eigenvalue weighted by Gasteiger charge is 2.19. The third-order valence-electron chi connectivity index (χ3n) is 4.38. The van der Waals surface area contributed by atoms with E-state index >= 15 is 0 Å². The maximum atomic E-state index is 12.5. The van der Waals surface area contributed by atoms with Crippen LogP contribution in [0.25, 0.3) is 0 Å². The monoisotopic (exact) mass is 341 g/mol. The van der Waals surface area contributed by atoms with Crippen molar-refractivity contribution in [3.8, 4) is 11.5 Å². The van der Waals surface area contributed by atoms with Crippen LogP contribution in [0.2, 0.25) is 0 Å². The van der Waals surface area contributed by atoms with Gasteiger partial charge in [-0.1, -0.05) is 31.2 Å². The number of ether oxygens (including phenoxy) is 2. The molecule has 0 aromatic heterocycles. The Morgan fingerprint density at radius 1 is 1.08 bits per heavy atom. The number of hydrogen-bond acceptors (Lipinski definition) is 3. The lowest BCUT2D eigenvalue weighted by molar-refractivity contribution is -0.128. The van der Waals surface area contributed by atoms with Gasteiger partial charge in [0.15, 0.2) is 6.10 Å². The van der Waals surface area contributed by atoms with Gasteiger partial charge in [0, 0.05) is 6.07 Å². The van der Waals surface area contributed by atoms with E-state index in [1.54, 1.807) is 20.1 Å². The third-order valence-corrected chi connectivity index (χ3v) is 4.38. The van der Waals surface area contributed by atoms with Crippen molar-refractivity contribution in [2.24, 2.45) is 0 Å². The normalized spacial score (nSPS) is 13.0. The SMILES string of the molecule is CC[C@@H](NC(=O)[C@@H](C)Oc1cccc(OC)c1)c1ccc(C)c(C)c1. The molecule has 0 spiro atoms. The van der Waals surface area contributed by atoms with Gasteiger partial charge in [-0.3, -0.25) is 4.79 Å². The van der Waals surface area contributed by atoms with Crippen LogP contribution in [0, 0.1) is 13.8 Å². The van der Waals surface area contributed by atoms with Gasteiger partial charge in [-0.2, -0.15) is 0 Å². The van der Waals surface area contributed by atoms with Crippen LogP contribution in [0.3, 0.4) is 0 Å². The van der Waals surface area contributed by atoms with E-state index in [4.69, 9.17) is 9.47 Å². The molecule has 0 radical (unpaired) electrons. The van der Waals surface area contributed by atoms with Crippen LogP contribution < -0.4 is 14.8 Å². The van der Waals surface area contributed by atoms with E-state index in [2.05, 4.69) is 44.3 Å². The first-order valence-corrected chi connectivity index (χ1v) is 8.62. The first-order valence-electron chi connectivity index (χ1n) is 8.62. The summed E-state index contributed by atoms with van der Waals surface area (Å²) < 4.78 is 10.9. The standard InChI is InChI=1S/C21H27NO3/c1-6-20(17-11-10-14(2)15(3)12-17)22-21(23)16(4)25-19-9-7-8-18(13-19)24-5/h7-13,16,20H,6H2,1-5H3,(H,22,23)/t16-,20-/m1/s1. The van der Waals surface area contributed by atoms with Crippen LogP contribution >= 0.6 is 0 Å². The lowest BCUT2D eigenvalue weighted by Crippen LogP contribution is -2.38. The molecule has 0 unspecified atom stereocenters. The molecular formula is C21H27NO3. The molecule has 1 N–H and O–H groups in total. The second-order valence-electron chi connectivity index (χ2n) is 6.25. The van der Waals surface area contributed by atoms with E-state index in [1.807, 2.05) is 18.2 Å². The van der Waals surface area contributed by atoms with Gasteiger partial charge in [-0.05, 0) is 56.0 Å². The van der Waals surface area contributed by atoms with Gasteiger partial charge in [-0.25, -0.2) is 0 Å². The summed E-state index contributed by atoms with van der Waals surface area (Å²) in [5.74, 6) is 1.18. The van der Waals surface area contributed by atoms with Gasteiger partial charge in [0.1, 0.15) is 11.5 Å². The average Bonchev–Trinajstić information content (AvgIpc) is 2.62. The lowest BCUT2D eigenvalue weighted by Gasteiger charge is -2.22. The van der Waals surface area contributed by atoms with Gasteiger partial charge < -0.3 is 14.8 Å². The molecule has 0 aliphatic heterocycles. The van der Waals surface area contributed by atoms with Crippen molar-refractivity contribution in [3.63, 3.8) is 0 Å². The molecule has 0 saturated carbocycles. The highest BCUT2D eigenvalue weighted by molar-refractivity contribution is 5.81. The van der Waals surface area contributed by atoms with E-state index in [1.165, 1.54) is 11.1 Å². The van der Waals surface area contributed by atoms with Crippen molar-refractivity contribution in [3.05, 3.63) is 59.2 Å². The second-order valence-corrected chi connectivity index (χ2v) is 6.25. The van der Waals surface area contributed by atoms with Crippen LogP contribution in [0.4, 0.5) is 0 Å². The number of aryl methyl sites for hydroxylation is 2. The summed E-state index contributed by atoms with van der Waals surface area (Å²) in [6.07, 6.45) is 0.229. The van der Waals surface area contributed by atoms with Gasteiger partial charge in [-0.15, -0.1) is 0 Å². The van der Waals surface area contributed by atoms with E-state index < -0.39 is 6.10 Å². The highest BCUT2D eigenvalue weighted by atomic mass is 16.5.